The SMILES string of the molecule is CC.CC/C=C(\SC)c1cc[nH]c1. The van der Waals surface area contributed by atoms with Crippen LogP contribution in [0.2, 0.25) is 0 Å². The fourth-order valence-electron chi connectivity index (χ4n) is 0.982. The van der Waals surface area contributed by atoms with Crippen LogP contribution in [0.1, 0.15) is 32.8 Å². The van der Waals surface area contributed by atoms with Crippen LogP contribution in [-0.2, 0) is 0 Å². The molecular formula is C11H19NS. The Hall–Kier alpha value is -0.630. The van der Waals surface area contributed by atoms with Crippen molar-refractivity contribution in [2.24, 2.45) is 0 Å². The highest BCUT2D eigenvalue weighted by atomic mass is 32.2. The molecule has 1 rings (SSSR count). The van der Waals surface area contributed by atoms with Crippen molar-refractivity contribution in [2.45, 2.75) is 27.2 Å². The monoisotopic (exact) mass is 197 g/mol. The molecule has 0 saturated heterocycles. The summed E-state index contributed by atoms with van der Waals surface area (Å²) in [4.78, 5) is 4.40. The summed E-state index contributed by atoms with van der Waals surface area (Å²) in [6, 6.07) is 2.10. The number of hydrogen-bond acceptors (Lipinski definition) is 1. The van der Waals surface area contributed by atoms with E-state index < -0.39 is 0 Å². The van der Waals surface area contributed by atoms with Crippen molar-refractivity contribution in [1.82, 2.24) is 4.98 Å². The molecule has 74 valence electrons. The molecule has 0 fully saturated rings. The Bertz CT molecular complexity index is 224. The summed E-state index contributed by atoms with van der Waals surface area (Å²) < 4.78 is 0. The Morgan fingerprint density at radius 3 is 2.62 bits per heavy atom. The number of allylic oxidation sites excluding steroid dienone is 1. The van der Waals surface area contributed by atoms with Gasteiger partial charge < -0.3 is 4.98 Å². The third kappa shape index (κ3) is 4.23. The quantitative estimate of drug-likeness (QED) is 0.769. The minimum absolute atomic E-state index is 1.10. The lowest BCUT2D eigenvalue weighted by atomic mass is 10.3. The van der Waals surface area contributed by atoms with E-state index in [9.17, 15) is 0 Å². The first kappa shape index (κ1) is 12.4. The minimum Gasteiger partial charge on any atom is -0.367 e. The smallest absolute Gasteiger partial charge is 0.0117 e. The van der Waals surface area contributed by atoms with E-state index in [1.807, 2.05) is 26.2 Å². The molecule has 1 heterocycles. The van der Waals surface area contributed by atoms with Crippen LogP contribution >= 0.6 is 11.8 Å². The number of nitrogens with one attached hydrogen (secondary N) is 1. The van der Waals surface area contributed by atoms with Gasteiger partial charge in [0.05, 0.1) is 0 Å². The van der Waals surface area contributed by atoms with Crippen molar-refractivity contribution < 1.29 is 0 Å². The van der Waals surface area contributed by atoms with Gasteiger partial charge in [0.25, 0.3) is 0 Å². The van der Waals surface area contributed by atoms with Crippen molar-refractivity contribution in [1.29, 1.82) is 0 Å². The normalized spacial score (nSPS) is 10.6. The maximum atomic E-state index is 3.05. The molecule has 0 radical (unpaired) electrons. The molecule has 0 amide bonds. The van der Waals surface area contributed by atoms with Crippen molar-refractivity contribution in [3.8, 4) is 0 Å². The second-order valence-electron chi connectivity index (χ2n) is 2.28. The largest absolute Gasteiger partial charge is 0.367 e. The van der Waals surface area contributed by atoms with Gasteiger partial charge in [0, 0.05) is 22.9 Å². The van der Waals surface area contributed by atoms with Crippen molar-refractivity contribution in [3.05, 3.63) is 30.1 Å². The Morgan fingerprint density at radius 1 is 1.54 bits per heavy atom. The summed E-state index contributed by atoms with van der Waals surface area (Å²) in [6.45, 7) is 6.16. The Kier molecular flexibility index (Phi) is 7.60. The molecule has 1 aromatic rings. The molecule has 0 aliphatic rings. The van der Waals surface area contributed by atoms with Gasteiger partial charge >= 0.3 is 0 Å². The summed E-state index contributed by atoms with van der Waals surface area (Å²) in [5, 5.41) is 0. The number of thioether (sulfide) groups is 1. The molecule has 1 aromatic heterocycles. The molecule has 0 aromatic carbocycles. The van der Waals surface area contributed by atoms with Crippen LogP contribution in [0.5, 0.6) is 0 Å². The first-order valence-corrected chi connectivity index (χ1v) is 5.98. The van der Waals surface area contributed by atoms with Crippen LogP contribution in [-0.4, -0.2) is 11.2 Å². The number of rotatable bonds is 3. The molecular weight excluding hydrogens is 178 g/mol. The molecule has 1 nitrogen and oxygen atoms in total. The highest BCUT2D eigenvalue weighted by Crippen LogP contribution is 2.24. The van der Waals surface area contributed by atoms with E-state index in [4.69, 9.17) is 0 Å². The van der Waals surface area contributed by atoms with Crippen molar-refractivity contribution >= 4 is 16.7 Å². The second-order valence-corrected chi connectivity index (χ2v) is 3.13. The average Bonchev–Trinajstić information content (AvgIpc) is 2.70. The van der Waals surface area contributed by atoms with Gasteiger partial charge in [-0.25, -0.2) is 0 Å². The molecule has 0 spiro atoms. The number of hydrogen-bond donors (Lipinski definition) is 1. The topological polar surface area (TPSA) is 15.8 Å². The third-order valence-corrected chi connectivity index (χ3v) is 2.33. The number of aromatic amines is 1. The molecule has 2 heteroatoms. The van der Waals surface area contributed by atoms with Gasteiger partial charge in [-0.15, -0.1) is 11.8 Å². The lowest BCUT2D eigenvalue weighted by Gasteiger charge is -1.98. The molecule has 0 saturated carbocycles. The van der Waals surface area contributed by atoms with Crippen LogP contribution in [0, 0.1) is 0 Å². The molecule has 0 aliphatic heterocycles. The summed E-state index contributed by atoms with van der Waals surface area (Å²) in [5.74, 6) is 0. The Morgan fingerprint density at radius 2 is 2.23 bits per heavy atom. The highest BCUT2D eigenvalue weighted by molar-refractivity contribution is 8.07. The first-order chi connectivity index (χ1) is 6.38. The van der Waals surface area contributed by atoms with E-state index in [1.165, 1.54) is 10.5 Å². The van der Waals surface area contributed by atoms with Gasteiger partial charge in [0.2, 0.25) is 0 Å². The second kappa shape index (κ2) is 7.99. The fraction of sp³-hybridized carbons (Fsp3) is 0.455. The molecule has 13 heavy (non-hydrogen) atoms. The average molecular weight is 197 g/mol. The summed E-state index contributed by atoms with van der Waals surface area (Å²) >= 11 is 1.79. The predicted octanol–water partition coefficient (Wildman–Crippen LogP) is 4.15. The van der Waals surface area contributed by atoms with E-state index >= 15 is 0 Å². The van der Waals surface area contributed by atoms with Gasteiger partial charge in [-0.3, -0.25) is 0 Å². The number of aromatic nitrogens is 1. The van der Waals surface area contributed by atoms with Gasteiger partial charge in [0.1, 0.15) is 0 Å². The zero-order valence-corrected chi connectivity index (χ0v) is 9.74. The summed E-state index contributed by atoms with van der Waals surface area (Å²) in [5.41, 5.74) is 1.29. The Balaban J connectivity index is 0.000000671. The molecule has 0 bridgehead atoms. The standard InChI is InChI=1S/C9H13NS.C2H6/c1-3-4-9(11-2)8-5-6-10-7-8;1-2/h4-7,10H,3H2,1-2H3;1-2H3/b9-4-;. The van der Waals surface area contributed by atoms with Gasteiger partial charge in [-0.05, 0) is 18.7 Å². The van der Waals surface area contributed by atoms with Crippen molar-refractivity contribution in [2.75, 3.05) is 6.26 Å². The van der Waals surface area contributed by atoms with Gasteiger partial charge in [-0.2, -0.15) is 0 Å². The number of H-pyrrole nitrogens is 1. The van der Waals surface area contributed by atoms with E-state index in [2.05, 4.69) is 30.3 Å². The molecule has 0 aliphatic carbocycles. The van der Waals surface area contributed by atoms with Crippen LogP contribution < -0.4 is 0 Å². The van der Waals surface area contributed by atoms with Gasteiger partial charge in [-0.1, -0.05) is 26.8 Å². The predicted molar refractivity (Wildman–Crippen MR) is 63.9 cm³/mol. The van der Waals surface area contributed by atoms with E-state index in [-0.39, 0.29) is 0 Å². The lowest BCUT2D eigenvalue weighted by molar-refractivity contribution is 1.23. The van der Waals surface area contributed by atoms with Crippen LogP contribution in [0.25, 0.3) is 4.91 Å². The zero-order chi connectivity index (χ0) is 10.1. The van der Waals surface area contributed by atoms with Crippen LogP contribution in [0.4, 0.5) is 0 Å². The molecule has 0 atom stereocenters. The van der Waals surface area contributed by atoms with E-state index in [0.29, 0.717) is 0 Å². The summed E-state index contributed by atoms with van der Waals surface area (Å²) in [7, 11) is 0. The maximum Gasteiger partial charge on any atom is 0.0117 e. The Labute approximate surface area is 85.6 Å². The van der Waals surface area contributed by atoms with E-state index in [1.54, 1.807) is 11.8 Å². The molecule has 1 N–H and O–H groups in total. The maximum absolute atomic E-state index is 3.05. The van der Waals surface area contributed by atoms with Crippen LogP contribution in [0.3, 0.4) is 0 Å². The third-order valence-electron chi connectivity index (χ3n) is 1.49. The van der Waals surface area contributed by atoms with Gasteiger partial charge in [0.15, 0.2) is 0 Å². The highest BCUT2D eigenvalue weighted by Gasteiger charge is 1.97. The molecule has 0 unspecified atom stereocenters. The van der Waals surface area contributed by atoms with Crippen LogP contribution in [0.15, 0.2) is 24.5 Å². The summed E-state index contributed by atoms with van der Waals surface area (Å²) in [6.07, 6.45) is 9.43. The fourth-order valence-corrected chi connectivity index (χ4v) is 1.68. The minimum atomic E-state index is 1.10. The van der Waals surface area contributed by atoms with Crippen molar-refractivity contribution in [3.63, 3.8) is 0 Å². The first-order valence-electron chi connectivity index (χ1n) is 4.75. The zero-order valence-electron chi connectivity index (χ0n) is 8.92. The lowest BCUT2D eigenvalue weighted by Crippen LogP contribution is -1.73. The van der Waals surface area contributed by atoms with E-state index in [0.717, 1.165) is 6.42 Å².